The normalized spacial score (nSPS) is 18.2. The molecule has 33 heavy (non-hydrogen) atoms. The van der Waals surface area contributed by atoms with Crippen LogP contribution in [0.25, 0.3) is 28.2 Å². The monoisotopic (exact) mass is 443 g/mol. The van der Waals surface area contributed by atoms with Gasteiger partial charge >= 0.3 is 0 Å². The van der Waals surface area contributed by atoms with Crippen molar-refractivity contribution in [3.8, 4) is 11.6 Å². The maximum Gasteiger partial charge on any atom is 0.225 e. The Hall–Kier alpha value is -3.85. The van der Waals surface area contributed by atoms with Crippen molar-refractivity contribution in [2.24, 2.45) is 0 Å². The molecule has 1 aromatic carbocycles. The average molecular weight is 444 g/mol. The predicted molar refractivity (Wildman–Crippen MR) is 126 cm³/mol. The molecule has 2 unspecified atom stereocenters. The molecule has 168 valence electrons. The average Bonchev–Trinajstić information content (AvgIpc) is 3.63. The summed E-state index contributed by atoms with van der Waals surface area (Å²) in [6, 6.07) is 15.9. The van der Waals surface area contributed by atoms with E-state index in [2.05, 4.69) is 44.3 Å². The van der Waals surface area contributed by atoms with E-state index in [1.54, 1.807) is 12.3 Å². The number of furan rings is 2. The molecular formula is C24H25N7O2. The van der Waals surface area contributed by atoms with Gasteiger partial charge in [-0.3, -0.25) is 0 Å². The molecule has 1 saturated heterocycles. The summed E-state index contributed by atoms with van der Waals surface area (Å²) < 4.78 is 13.3. The Morgan fingerprint density at radius 2 is 2.06 bits per heavy atom. The van der Waals surface area contributed by atoms with Gasteiger partial charge in [0.2, 0.25) is 11.8 Å². The van der Waals surface area contributed by atoms with Crippen molar-refractivity contribution < 1.29 is 8.83 Å². The van der Waals surface area contributed by atoms with Gasteiger partial charge in [-0.25, -0.2) is 4.98 Å². The van der Waals surface area contributed by atoms with E-state index in [4.69, 9.17) is 14.6 Å². The summed E-state index contributed by atoms with van der Waals surface area (Å²) in [6.45, 7) is 3.16. The Morgan fingerprint density at radius 1 is 1.18 bits per heavy atom. The van der Waals surface area contributed by atoms with Crippen LogP contribution in [0.5, 0.6) is 0 Å². The first-order chi connectivity index (χ1) is 16.0. The van der Waals surface area contributed by atoms with Crippen molar-refractivity contribution in [1.82, 2.24) is 24.9 Å². The molecule has 0 spiro atoms. The van der Waals surface area contributed by atoms with Crippen LogP contribution in [0, 0.1) is 0 Å². The quantitative estimate of drug-likeness (QED) is 0.422. The molecule has 9 nitrogen and oxygen atoms in total. The van der Waals surface area contributed by atoms with Gasteiger partial charge in [-0.05, 0) is 50.6 Å². The van der Waals surface area contributed by atoms with E-state index in [1.165, 1.54) is 4.52 Å². The predicted octanol–water partition coefficient (Wildman–Crippen LogP) is 3.82. The van der Waals surface area contributed by atoms with Crippen molar-refractivity contribution in [3.63, 3.8) is 0 Å². The number of likely N-dealkylation sites (N-methyl/N-ethyl adjacent to an activating group) is 1. The van der Waals surface area contributed by atoms with Crippen LogP contribution in [-0.2, 0) is 5.54 Å². The highest BCUT2D eigenvalue weighted by molar-refractivity contribution is 5.78. The molecule has 3 N–H and O–H groups in total. The summed E-state index contributed by atoms with van der Waals surface area (Å²) in [5, 5.41) is 9.19. The standard InChI is InChI=1S/C24H25N7O2/c1-24(18-10-5-11-26-18,19-13-15-7-3-4-8-16(15)33-19)30(2)20-14-21-27-22(17-9-6-12-32-17)29-31(21)23(25)28-20/h3-4,6-9,12-14,18,26H,5,10-11H2,1-2H3,(H2,25,28). The van der Waals surface area contributed by atoms with Gasteiger partial charge in [0.15, 0.2) is 11.4 Å². The summed E-state index contributed by atoms with van der Waals surface area (Å²) in [7, 11) is 2.02. The van der Waals surface area contributed by atoms with E-state index in [1.807, 2.05) is 37.4 Å². The highest BCUT2D eigenvalue weighted by Crippen LogP contribution is 2.40. The number of rotatable bonds is 5. The van der Waals surface area contributed by atoms with Crippen LogP contribution in [0.4, 0.5) is 11.8 Å². The number of nitrogen functional groups attached to an aromatic ring is 1. The summed E-state index contributed by atoms with van der Waals surface area (Å²) in [5.74, 6) is 2.87. The molecule has 2 atom stereocenters. The van der Waals surface area contributed by atoms with E-state index >= 15 is 0 Å². The minimum Gasteiger partial charge on any atom is -0.461 e. The van der Waals surface area contributed by atoms with Crippen molar-refractivity contribution in [3.05, 3.63) is 60.6 Å². The molecule has 5 heterocycles. The van der Waals surface area contributed by atoms with Crippen LogP contribution < -0.4 is 16.0 Å². The highest BCUT2D eigenvalue weighted by Gasteiger charge is 2.44. The molecule has 0 amide bonds. The van der Waals surface area contributed by atoms with E-state index in [9.17, 15) is 0 Å². The number of nitrogens with zero attached hydrogens (tertiary/aromatic N) is 5. The van der Waals surface area contributed by atoms with Gasteiger partial charge in [0.1, 0.15) is 22.7 Å². The molecule has 0 radical (unpaired) electrons. The third-order valence-electron chi connectivity index (χ3n) is 6.78. The molecule has 0 bridgehead atoms. The number of hydrogen-bond donors (Lipinski definition) is 2. The Labute approximate surface area is 190 Å². The molecule has 5 aromatic rings. The maximum atomic E-state index is 6.37. The van der Waals surface area contributed by atoms with Gasteiger partial charge in [-0.2, -0.15) is 9.50 Å². The second-order valence-corrected chi connectivity index (χ2v) is 8.66. The minimum atomic E-state index is -0.503. The Morgan fingerprint density at radius 3 is 2.82 bits per heavy atom. The number of hydrogen-bond acceptors (Lipinski definition) is 8. The van der Waals surface area contributed by atoms with E-state index in [0.717, 1.165) is 36.1 Å². The topological polar surface area (TPSA) is 111 Å². The first kappa shape index (κ1) is 19.8. The largest absolute Gasteiger partial charge is 0.461 e. The van der Waals surface area contributed by atoms with Crippen LogP contribution in [-0.4, -0.2) is 39.2 Å². The molecule has 1 fully saturated rings. The second kappa shape index (κ2) is 7.35. The Balaban J connectivity index is 1.47. The summed E-state index contributed by atoms with van der Waals surface area (Å²) in [5.41, 5.74) is 7.28. The summed E-state index contributed by atoms with van der Waals surface area (Å²) in [4.78, 5) is 11.4. The van der Waals surface area contributed by atoms with Crippen LogP contribution >= 0.6 is 0 Å². The zero-order valence-electron chi connectivity index (χ0n) is 18.5. The number of para-hydroxylation sites is 1. The Kier molecular flexibility index (Phi) is 4.41. The molecule has 0 saturated carbocycles. The third kappa shape index (κ3) is 3.07. The van der Waals surface area contributed by atoms with Crippen molar-refractivity contribution >= 4 is 28.4 Å². The van der Waals surface area contributed by atoms with E-state index in [-0.39, 0.29) is 12.0 Å². The van der Waals surface area contributed by atoms with Crippen molar-refractivity contribution in [2.45, 2.75) is 31.3 Å². The lowest BCUT2D eigenvalue weighted by Crippen LogP contribution is -2.54. The number of anilines is 2. The fourth-order valence-corrected chi connectivity index (χ4v) is 4.79. The van der Waals surface area contributed by atoms with Crippen LogP contribution in [0.2, 0.25) is 0 Å². The molecule has 6 rings (SSSR count). The second-order valence-electron chi connectivity index (χ2n) is 8.66. The van der Waals surface area contributed by atoms with Gasteiger partial charge in [0.25, 0.3) is 0 Å². The van der Waals surface area contributed by atoms with Crippen LogP contribution in [0.3, 0.4) is 0 Å². The van der Waals surface area contributed by atoms with Crippen molar-refractivity contribution in [2.75, 3.05) is 24.2 Å². The fraction of sp³-hybridized carbons (Fsp3) is 0.292. The number of nitrogens with two attached hydrogens (primary N) is 1. The van der Waals surface area contributed by atoms with Gasteiger partial charge in [-0.1, -0.05) is 18.2 Å². The zero-order chi connectivity index (χ0) is 22.6. The fourth-order valence-electron chi connectivity index (χ4n) is 4.79. The minimum absolute atomic E-state index is 0.180. The highest BCUT2D eigenvalue weighted by atomic mass is 16.3. The van der Waals surface area contributed by atoms with Gasteiger partial charge in [-0.15, -0.1) is 5.10 Å². The summed E-state index contributed by atoms with van der Waals surface area (Å²) >= 11 is 0. The SMILES string of the molecule is CN(c1cc2nc(-c3ccco3)nn2c(N)n1)C(C)(c1cc2ccccc2o1)C1CCCN1. The maximum absolute atomic E-state index is 6.37. The van der Waals surface area contributed by atoms with Crippen LogP contribution in [0.15, 0.2) is 63.6 Å². The number of fused-ring (bicyclic) bond motifs is 2. The molecular weight excluding hydrogens is 418 g/mol. The molecule has 4 aromatic heterocycles. The lowest BCUT2D eigenvalue weighted by molar-refractivity contribution is 0.286. The van der Waals surface area contributed by atoms with E-state index in [0.29, 0.717) is 23.0 Å². The first-order valence-electron chi connectivity index (χ1n) is 11.1. The Bertz CT molecular complexity index is 1400. The van der Waals surface area contributed by atoms with Gasteiger partial charge < -0.3 is 24.8 Å². The molecule has 1 aliphatic rings. The molecule has 0 aliphatic carbocycles. The van der Waals surface area contributed by atoms with Crippen LogP contribution in [0.1, 0.15) is 25.5 Å². The first-order valence-corrected chi connectivity index (χ1v) is 11.1. The van der Waals surface area contributed by atoms with E-state index < -0.39 is 5.54 Å². The summed E-state index contributed by atoms with van der Waals surface area (Å²) in [6.07, 6.45) is 3.73. The lowest BCUT2D eigenvalue weighted by atomic mass is 9.86. The smallest absolute Gasteiger partial charge is 0.225 e. The van der Waals surface area contributed by atoms with Crippen molar-refractivity contribution in [1.29, 1.82) is 0 Å². The number of nitrogens with one attached hydrogen (secondary N) is 1. The molecule has 1 aliphatic heterocycles. The zero-order valence-corrected chi connectivity index (χ0v) is 18.5. The third-order valence-corrected chi connectivity index (χ3v) is 6.78. The van der Waals surface area contributed by atoms with Gasteiger partial charge in [0, 0.05) is 24.5 Å². The van der Waals surface area contributed by atoms with Gasteiger partial charge in [0.05, 0.1) is 6.26 Å². The number of aromatic nitrogens is 4. The lowest BCUT2D eigenvalue weighted by Gasteiger charge is -2.42. The number of benzene rings is 1. The molecule has 9 heteroatoms.